The molecule has 2 aromatic rings. The zero-order valence-corrected chi connectivity index (χ0v) is 13.6. The molecule has 0 bridgehead atoms. The highest BCUT2D eigenvalue weighted by Crippen LogP contribution is 2.27. The summed E-state index contributed by atoms with van der Waals surface area (Å²) in [6.45, 7) is 7.02. The summed E-state index contributed by atoms with van der Waals surface area (Å²) in [6, 6.07) is 14.4. The molecule has 0 aliphatic carbocycles. The van der Waals surface area contributed by atoms with Gasteiger partial charge in [-0.2, -0.15) is 0 Å². The maximum Gasteiger partial charge on any atom is 0.119 e. The summed E-state index contributed by atoms with van der Waals surface area (Å²) in [5.74, 6) is 0.918. The van der Waals surface area contributed by atoms with Gasteiger partial charge in [-0.05, 0) is 55.7 Å². The molecular weight excluding hydrogens is 282 g/mol. The molecule has 1 atom stereocenters. The first kappa shape index (κ1) is 15.7. The van der Waals surface area contributed by atoms with E-state index in [4.69, 9.17) is 16.3 Å². The van der Waals surface area contributed by atoms with Crippen molar-refractivity contribution < 1.29 is 4.74 Å². The standard InChI is InChI=1S/C18H22ClNO/c1-4-11-21-16-8-6-15(7-9-16)14(3)20-18-10-5-13(2)12-17(18)19/h5-10,12,14,20H,4,11H2,1-3H3. The van der Waals surface area contributed by atoms with Gasteiger partial charge in [0.15, 0.2) is 0 Å². The molecule has 21 heavy (non-hydrogen) atoms. The van der Waals surface area contributed by atoms with Crippen molar-refractivity contribution in [1.29, 1.82) is 0 Å². The van der Waals surface area contributed by atoms with E-state index in [-0.39, 0.29) is 6.04 Å². The Labute approximate surface area is 132 Å². The molecule has 0 heterocycles. The average Bonchev–Trinajstić information content (AvgIpc) is 2.48. The van der Waals surface area contributed by atoms with Crippen LogP contribution in [-0.2, 0) is 0 Å². The average molecular weight is 304 g/mol. The molecule has 0 saturated carbocycles. The predicted molar refractivity (Wildman–Crippen MR) is 90.5 cm³/mol. The Hall–Kier alpha value is -1.67. The highest BCUT2D eigenvalue weighted by atomic mass is 35.5. The second-order valence-electron chi connectivity index (χ2n) is 5.27. The van der Waals surface area contributed by atoms with Crippen LogP contribution in [0.1, 0.15) is 37.4 Å². The number of ether oxygens (including phenoxy) is 1. The SMILES string of the molecule is CCCOc1ccc(C(C)Nc2ccc(C)cc2Cl)cc1. The van der Waals surface area contributed by atoms with Crippen LogP contribution in [0.3, 0.4) is 0 Å². The second kappa shape index (κ2) is 7.37. The van der Waals surface area contributed by atoms with E-state index in [0.717, 1.165) is 35.1 Å². The third-order valence-electron chi connectivity index (χ3n) is 3.35. The lowest BCUT2D eigenvalue weighted by Crippen LogP contribution is -2.07. The van der Waals surface area contributed by atoms with Crippen molar-refractivity contribution in [1.82, 2.24) is 0 Å². The van der Waals surface area contributed by atoms with Crippen molar-refractivity contribution in [2.45, 2.75) is 33.2 Å². The zero-order valence-electron chi connectivity index (χ0n) is 12.8. The van der Waals surface area contributed by atoms with E-state index in [0.29, 0.717) is 0 Å². The van der Waals surface area contributed by atoms with Crippen molar-refractivity contribution in [2.75, 3.05) is 11.9 Å². The number of benzene rings is 2. The van der Waals surface area contributed by atoms with Gasteiger partial charge >= 0.3 is 0 Å². The number of anilines is 1. The van der Waals surface area contributed by atoms with Crippen LogP contribution in [0.25, 0.3) is 0 Å². The second-order valence-corrected chi connectivity index (χ2v) is 5.67. The van der Waals surface area contributed by atoms with E-state index >= 15 is 0 Å². The summed E-state index contributed by atoms with van der Waals surface area (Å²) >= 11 is 6.26. The first-order chi connectivity index (χ1) is 10.1. The van der Waals surface area contributed by atoms with Crippen LogP contribution in [0.4, 0.5) is 5.69 Å². The number of aryl methyl sites for hydroxylation is 1. The normalized spacial score (nSPS) is 12.0. The van der Waals surface area contributed by atoms with Gasteiger partial charge in [-0.25, -0.2) is 0 Å². The van der Waals surface area contributed by atoms with Crippen molar-refractivity contribution >= 4 is 17.3 Å². The van der Waals surface area contributed by atoms with Crippen molar-refractivity contribution in [2.24, 2.45) is 0 Å². The van der Waals surface area contributed by atoms with Crippen LogP contribution in [0.15, 0.2) is 42.5 Å². The molecule has 0 saturated heterocycles. The van der Waals surface area contributed by atoms with Gasteiger partial charge in [0, 0.05) is 6.04 Å². The first-order valence-corrected chi connectivity index (χ1v) is 7.73. The largest absolute Gasteiger partial charge is 0.494 e. The van der Waals surface area contributed by atoms with E-state index in [2.05, 4.69) is 37.4 Å². The van der Waals surface area contributed by atoms with Crippen LogP contribution in [0.2, 0.25) is 5.02 Å². The van der Waals surface area contributed by atoms with Gasteiger partial charge in [0.25, 0.3) is 0 Å². The Morgan fingerprint density at radius 1 is 1.14 bits per heavy atom. The van der Waals surface area contributed by atoms with Gasteiger partial charge in [0.1, 0.15) is 5.75 Å². The molecule has 2 rings (SSSR count). The number of nitrogens with one attached hydrogen (secondary N) is 1. The molecule has 112 valence electrons. The molecule has 1 N–H and O–H groups in total. The van der Waals surface area contributed by atoms with Crippen LogP contribution >= 0.6 is 11.6 Å². The van der Waals surface area contributed by atoms with Gasteiger partial charge in [0.2, 0.25) is 0 Å². The molecule has 0 amide bonds. The van der Waals surface area contributed by atoms with Crippen LogP contribution in [-0.4, -0.2) is 6.61 Å². The number of hydrogen-bond acceptors (Lipinski definition) is 2. The minimum Gasteiger partial charge on any atom is -0.494 e. The van der Waals surface area contributed by atoms with Crippen molar-refractivity contribution in [3.8, 4) is 5.75 Å². The van der Waals surface area contributed by atoms with E-state index < -0.39 is 0 Å². The monoisotopic (exact) mass is 303 g/mol. The smallest absolute Gasteiger partial charge is 0.119 e. The minimum atomic E-state index is 0.186. The molecule has 0 fully saturated rings. The Morgan fingerprint density at radius 3 is 2.48 bits per heavy atom. The van der Waals surface area contributed by atoms with Gasteiger partial charge in [-0.15, -0.1) is 0 Å². The molecule has 0 radical (unpaired) electrons. The fourth-order valence-electron chi connectivity index (χ4n) is 2.13. The highest BCUT2D eigenvalue weighted by molar-refractivity contribution is 6.33. The quantitative estimate of drug-likeness (QED) is 0.749. The molecule has 0 spiro atoms. The van der Waals surface area contributed by atoms with Crippen molar-refractivity contribution in [3.05, 3.63) is 58.6 Å². The molecule has 1 unspecified atom stereocenters. The summed E-state index contributed by atoms with van der Waals surface area (Å²) in [5, 5.41) is 4.20. The highest BCUT2D eigenvalue weighted by Gasteiger charge is 2.08. The zero-order chi connectivity index (χ0) is 15.2. The number of rotatable bonds is 6. The van der Waals surface area contributed by atoms with Gasteiger partial charge in [0.05, 0.1) is 17.3 Å². The summed E-state index contributed by atoms with van der Waals surface area (Å²) < 4.78 is 5.60. The molecule has 0 aliphatic rings. The fraction of sp³-hybridized carbons (Fsp3) is 0.333. The van der Waals surface area contributed by atoms with E-state index in [1.807, 2.05) is 31.2 Å². The summed E-state index contributed by atoms with van der Waals surface area (Å²) in [5.41, 5.74) is 3.33. The lowest BCUT2D eigenvalue weighted by atomic mass is 10.1. The van der Waals surface area contributed by atoms with E-state index in [1.54, 1.807) is 0 Å². The summed E-state index contributed by atoms with van der Waals surface area (Å²) in [7, 11) is 0. The molecule has 2 nitrogen and oxygen atoms in total. The predicted octanol–water partition coefficient (Wildman–Crippen LogP) is 5.61. The lowest BCUT2D eigenvalue weighted by molar-refractivity contribution is 0.317. The van der Waals surface area contributed by atoms with Crippen molar-refractivity contribution in [3.63, 3.8) is 0 Å². The Morgan fingerprint density at radius 2 is 1.86 bits per heavy atom. The van der Waals surface area contributed by atoms with Crippen LogP contribution < -0.4 is 10.1 Å². The maximum atomic E-state index is 6.26. The lowest BCUT2D eigenvalue weighted by Gasteiger charge is -2.17. The molecule has 3 heteroatoms. The molecule has 0 aliphatic heterocycles. The fourth-order valence-corrected chi connectivity index (χ4v) is 2.42. The van der Waals surface area contributed by atoms with Crippen LogP contribution in [0, 0.1) is 6.92 Å². The minimum absolute atomic E-state index is 0.186. The number of halogens is 1. The molecule has 2 aromatic carbocycles. The third-order valence-corrected chi connectivity index (χ3v) is 3.66. The van der Waals surface area contributed by atoms with Gasteiger partial charge in [-0.1, -0.05) is 36.7 Å². The topological polar surface area (TPSA) is 21.3 Å². The van der Waals surface area contributed by atoms with Gasteiger partial charge < -0.3 is 10.1 Å². The molecular formula is C18H22ClNO. The number of hydrogen-bond donors (Lipinski definition) is 1. The van der Waals surface area contributed by atoms with E-state index in [1.165, 1.54) is 5.56 Å². The third kappa shape index (κ3) is 4.40. The Balaban J connectivity index is 2.04. The Kier molecular flexibility index (Phi) is 5.51. The first-order valence-electron chi connectivity index (χ1n) is 7.35. The Bertz CT molecular complexity index is 580. The van der Waals surface area contributed by atoms with Crippen LogP contribution in [0.5, 0.6) is 5.75 Å². The summed E-state index contributed by atoms with van der Waals surface area (Å²) in [6.07, 6.45) is 1.02. The van der Waals surface area contributed by atoms with E-state index in [9.17, 15) is 0 Å². The summed E-state index contributed by atoms with van der Waals surface area (Å²) in [4.78, 5) is 0. The maximum absolute atomic E-state index is 6.26. The van der Waals surface area contributed by atoms with Gasteiger partial charge in [-0.3, -0.25) is 0 Å². The molecule has 0 aromatic heterocycles.